The highest BCUT2D eigenvalue weighted by Gasteiger charge is 2.10. The molecule has 0 saturated carbocycles. The predicted molar refractivity (Wildman–Crippen MR) is 77.3 cm³/mol. The first-order valence-electron chi connectivity index (χ1n) is 6.68. The molecule has 0 unspecified atom stereocenters. The molecule has 100 valence electrons. The highest BCUT2D eigenvalue weighted by Crippen LogP contribution is 2.18. The second-order valence-electron chi connectivity index (χ2n) is 4.93. The zero-order valence-electron chi connectivity index (χ0n) is 11.6. The van der Waals surface area contributed by atoms with E-state index in [4.69, 9.17) is 4.74 Å². The van der Waals surface area contributed by atoms with E-state index in [1.165, 1.54) is 0 Å². The molecule has 2 nitrogen and oxygen atoms in total. The van der Waals surface area contributed by atoms with Crippen LogP contribution in [0.4, 0.5) is 0 Å². The molecule has 1 aliphatic rings. The standard InChI is InChI=1S/C17H20O2/c1-13-8-9-15(11-16(13)12-19-2)17(18)10-14-6-4-3-5-7-14/h4,6-9,11H,3,5,10,12H2,1-2H3. The summed E-state index contributed by atoms with van der Waals surface area (Å²) >= 11 is 0. The van der Waals surface area contributed by atoms with Crippen molar-refractivity contribution in [3.8, 4) is 0 Å². The minimum absolute atomic E-state index is 0.176. The van der Waals surface area contributed by atoms with Crippen molar-refractivity contribution in [3.63, 3.8) is 0 Å². The van der Waals surface area contributed by atoms with Crippen LogP contribution < -0.4 is 0 Å². The van der Waals surface area contributed by atoms with Gasteiger partial charge in [0.1, 0.15) is 0 Å². The van der Waals surface area contributed by atoms with Gasteiger partial charge in [0, 0.05) is 19.1 Å². The number of benzene rings is 1. The van der Waals surface area contributed by atoms with E-state index in [0.717, 1.165) is 35.1 Å². The van der Waals surface area contributed by atoms with Gasteiger partial charge in [0.2, 0.25) is 0 Å². The van der Waals surface area contributed by atoms with Gasteiger partial charge in [-0.05, 0) is 42.5 Å². The first kappa shape index (κ1) is 13.8. The molecule has 0 aliphatic heterocycles. The molecule has 1 aromatic carbocycles. The molecule has 1 aromatic rings. The van der Waals surface area contributed by atoms with Crippen LogP contribution in [-0.4, -0.2) is 12.9 Å². The molecule has 19 heavy (non-hydrogen) atoms. The number of methoxy groups -OCH3 is 1. The third-order valence-electron chi connectivity index (χ3n) is 3.41. The van der Waals surface area contributed by atoms with Crippen molar-refractivity contribution in [1.29, 1.82) is 0 Å². The number of ether oxygens (including phenoxy) is 1. The lowest BCUT2D eigenvalue weighted by molar-refractivity contribution is 0.0993. The van der Waals surface area contributed by atoms with Crippen LogP contribution in [0.25, 0.3) is 0 Å². The first-order chi connectivity index (χ1) is 9.20. The van der Waals surface area contributed by atoms with Crippen LogP contribution in [0, 0.1) is 6.92 Å². The third kappa shape index (κ3) is 3.65. The molecule has 2 rings (SSSR count). The molecule has 2 heteroatoms. The lowest BCUT2D eigenvalue weighted by Crippen LogP contribution is -2.03. The Morgan fingerprint density at radius 1 is 1.32 bits per heavy atom. The summed E-state index contributed by atoms with van der Waals surface area (Å²) in [6.07, 6.45) is 8.97. The molecule has 0 N–H and O–H groups in total. The first-order valence-corrected chi connectivity index (χ1v) is 6.68. The van der Waals surface area contributed by atoms with Gasteiger partial charge < -0.3 is 4.74 Å². The molecule has 0 saturated heterocycles. The van der Waals surface area contributed by atoms with Crippen molar-refractivity contribution in [2.45, 2.75) is 32.8 Å². The largest absolute Gasteiger partial charge is 0.380 e. The summed E-state index contributed by atoms with van der Waals surface area (Å²) in [6, 6.07) is 5.85. The highest BCUT2D eigenvalue weighted by molar-refractivity contribution is 5.98. The molecule has 0 amide bonds. The van der Waals surface area contributed by atoms with Gasteiger partial charge in [0.25, 0.3) is 0 Å². The summed E-state index contributed by atoms with van der Waals surface area (Å²) in [4.78, 5) is 12.3. The lowest BCUT2D eigenvalue weighted by atomic mass is 9.96. The minimum atomic E-state index is 0.176. The number of ketones is 1. The molecule has 0 atom stereocenters. The van der Waals surface area contributed by atoms with Crippen LogP contribution in [0.2, 0.25) is 0 Å². The Bertz CT molecular complexity index is 524. The SMILES string of the molecule is COCc1cc(C(=O)CC2=CCCC=C2)ccc1C. The Morgan fingerprint density at radius 2 is 2.16 bits per heavy atom. The number of carbonyl (C=O) groups is 1. The van der Waals surface area contributed by atoms with Gasteiger partial charge in [-0.25, -0.2) is 0 Å². The van der Waals surface area contributed by atoms with E-state index in [1.54, 1.807) is 7.11 Å². The zero-order chi connectivity index (χ0) is 13.7. The van der Waals surface area contributed by atoms with E-state index in [-0.39, 0.29) is 5.78 Å². The summed E-state index contributed by atoms with van der Waals surface area (Å²) in [6.45, 7) is 2.59. The molecule has 0 bridgehead atoms. The summed E-state index contributed by atoms with van der Waals surface area (Å²) < 4.78 is 5.16. The Balaban J connectivity index is 2.12. The maximum absolute atomic E-state index is 12.3. The molecule has 0 spiro atoms. The summed E-state index contributed by atoms with van der Waals surface area (Å²) in [5.41, 5.74) is 4.15. The number of allylic oxidation sites excluding steroid dienone is 4. The van der Waals surface area contributed by atoms with Crippen molar-refractivity contribution < 1.29 is 9.53 Å². The summed E-state index contributed by atoms with van der Waals surface area (Å²) in [7, 11) is 1.67. The van der Waals surface area contributed by atoms with Gasteiger partial charge >= 0.3 is 0 Å². The monoisotopic (exact) mass is 256 g/mol. The molecule has 0 radical (unpaired) electrons. The summed E-state index contributed by atoms with van der Waals surface area (Å²) in [5, 5.41) is 0. The third-order valence-corrected chi connectivity index (χ3v) is 3.41. The van der Waals surface area contributed by atoms with Crippen LogP contribution in [0.1, 0.15) is 40.7 Å². The van der Waals surface area contributed by atoms with Gasteiger partial charge in [-0.3, -0.25) is 4.79 Å². The topological polar surface area (TPSA) is 26.3 Å². The van der Waals surface area contributed by atoms with Crippen molar-refractivity contribution in [2.24, 2.45) is 0 Å². The predicted octanol–water partition coefficient (Wildman–Crippen LogP) is 3.99. The fraction of sp³-hybridized carbons (Fsp3) is 0.353. The van der Waals surface area contributed by atoms with Crippen molar-refractivity contribution >= 4 is 5.78 Å². The van der Waals surface area contributed by atoms with Crippen LogP contribution in [0.3, 0.4) is 0 Å². The molecular weight excluding hydrogens is 236 g/mol. The van der Waals surface area contributed by atoms with Crippen LogP contribution >= 0.6 is 0 Å². The molecule has 1 aliphatic carbocycles. The van der Waals surface area contributed by atoms with E-state index in [1.807, 2.05) is 25.1 Å². The van der Waals surface area contributed by atoms with Gasteiger partial charge in [-0.1, -0.05) is 30.4 Å². The van der Waals surface area contributed by atoms with Crippen LogP contribution in [0.5, 0.6) is 0 Å². The zero-order valence-corrected chi connectivity index (χ0v) is 11.6. The minimum Gasteiger partial charge on any atom is -0.380 e. The van der Waals surface area contributed by atoms with Gasteiger partial charge in [0.15, 0.2) is 5.78 Å². The molecular formula is C17H20O2. The van der Waals surface area contributed by atoms with Crippen LogP contribution in [-0.2, 0) is 11.3 Å². The maximum Gasteiger partial charge on any atom is 0.167 e. The molecule has 0 aromatic heterocycles. The van der Waals surface area contributed by atoms with Crippen LogP contribution in [0.15, 0.2) is 42.0 Å². The molecule has 0 heterocycles. The van der Waals surface area contributed by atoms with Gasteiger partial charge in [-0.15, -0.1) is 0 Å². The second kappa shape index (κ2) is 6.48. The smallest absolute Gasteiger partial charge is 0.167 e. The number of carbonyl (C=O) groups excluding carboxylic acids is 1. The maximum atomic E-state index is 12.3. The number of hydrogen-bond acceptors (Lipinski definition) is 2. The second-order valence-corrected chi connectivity index (χ2v) is 4.93. The average molecular weight is 256 g/mol. The van der Waals surface area contributed by atoms with Crippen molar-refractivity contribution in [3.05, 3.63) is 58.7 Å². The Labute approximate surface area is 114 Å². The number of rotatable bonds is 5. The van der Waals surface area contributed by atoms with Crippen molar-refractivity contribution in [2.75, 3.05) is 7.11 Å². The number of Topliss-reactive ketones (excluding diaryl/α,β-unsaturated/α-hetero) is 1. The average Bonchev–Trinajstić information content (AvgIpc) is 2.42. The Hall–Kier alpha value is -1.67. The lowest BCUT2D eigenvalue weighted by Gasteiger charge is -2.09. The van der Waals surface area contributed by atoms with E-state index in [2.05, 4.69) is 18.2 Å². The van der Waals surface area contributed by atoms with E-state index in [0.29, 0.717) is 13.0 Å². The van der Waals surface area contributed by atoms with E-state index in [9.17, 15) is 4.79 Å². The van der Waals surface area contributed by atoms with Gasteiger partial charge in [0.05, 0.1) is 6.61 Å². The van der Waals surface area contributed by atoms with E-state index < -0.39 is 0 Å². The Morgan fingerprint density at radius 3 is 2.84 bits per heavy atom. The normalized spacial score (nSPS) is 14.3. The van der Waals surface area contributed by atoms with Crippen molar-refractivity contribution in [1.82, 2.24) is 0 Å². The molecule has 0 fully saturated rings. The number of hydrogen-bond donors (Lipinski definition) is 0. The fourth-order valence-corrected chi connectivity index (χ4v) is 2.24. The van der Waals surface area contributed by atoms with E-state index >= 15 is 0 Å². The Kier molecular flexibility index (Phi) is 4.69. The highest BCUT2D eigenvalue weighted by atomic mass is 16.5. The fourth-order valence-electron chi connectivity index (χ4n) is 2.24. The number of aryl methyl sites for hydroxylation is 1. The van der Waals surface area contributed by atoms with Gasteiger partial charge in [-0.2, -0.15) is 0 Å². The summed E-state index contributed by atoms with van der Waals surface area (Å²) in [5.74, 6) is 0.176. The quantitative estimate of drug-likeness (QED) is 0.744.